The summed E-state index contributed by atoms with van der Waals surface area (Å²) in [5, 5.41) is 0. The van der Waals surface area contributed by atoms with Crippen molar-refractivity contribution in [3.05, 3.63) is 33.2 Å². The number of hydrogen-bond acceptors (Lipinski definition) is 3. The molecule has 0 spiro atoms. The van der Waals surface area contributed by atoms with Gasteiger partial charge in [0.2, 0.25) is 0 Å². The fraction of sp³-hybridized carbons (Fsp3) is 0.643. The number of aromatic nitrogens is 1. The largest absolute Gasteiger partial charge is 0.310 e. The topological polar surface area (TPSA) is 25.2 Å². The Morgan fingerprint density at radius 3 is 2.72 bits per heavy atom. The van der Waals surface area contributed by atoms with Crippen LogP contribution in [0, 0.1) is 0 Å². The summed E-state index contributed by atoms with van der Waals surface area (Å²) in [5.74, 6) is 0.519. The van der Waals surface area contributed by atoms with E-state index in [2.05, 4.69) is 44.4 Å². The molecule has 0 saturated heterocycles. The quantitative estimate of drug-likeness (QED) is 0.849. The molecular formula is C14H22N2OS. The molecular weight excluding hydrogens is 244 g/mol. The van der Waals surface area contributed by atoms with Crippen molar-refractivity contribution in [2.45, 2.75) is 45.5 Å². The van der Waals surface area contributed by atoms with Gasteiger partial charge < -0.3 is 4.57 Å². The number of rotatable bonds is 3. The fourth-order valence-electron chi connectivity index (χ4n) is 2.72. The van der Waals surface area contributed by atoms with Gasteiger partial charge >= 0.3 is 0 Å². The molecule has 0 radical (unpaired) electrons. The summed E-state index contributed by atoms with van der Waals surface area (Å²) in [7, 11) is 0. The van der Waals surface area contributed by atoms with Gasteiger partial charge in [0.1, 0.15) is 0 Å². The average Bonchev–Trinajstić information content (AvgIpc) is 2.36. The minimum absolute atomic E-state index is 0.142. The zero-order chi connectivity index (χ0) is 13.3. The molecule has 100 valence electrons. The van der Waals surface area contributed by atoms with Crippen LogP contribution in [-0.4, -0.2) is 22.6 Å². The fourth-order valence-corrected chi connectivity index (χ4v) is 2.95. The van der Waals surface area contributed by atoms with E-state index in [0.717, 1.165) is 31.6 Å². The van der Waals surface area contributed by atoms with E-state index in [1.54, 1.807) is 0 Å². The van der Waals surface area contributed by atoms with E-state index >= 15 is 0 Å². The monoisotopic (exact) mass is 266 g/mol. The van der Waals surface area contributed by atoms with E-state index in [0.29, 0.717) is 5.75 Å². The van der Waals surface area contributed by atoms with Crippen LogP contribution >= 0.6 is 12.6 Å². The van der Waals surface area contributed by atoms with Gasteiger partial charge in [-0.2, -0.15) is 12.6 Å². The summed E-state index contributed by atoms with van der Waals surface area (Å²) < 4.78 is 1.97. The van der Waals surface area contributed by atoms with Gasteiger partial charge in [0.25, 0.3) is 5.56 Å². The van der Waals surface area contributed by atoms with Crippen molar-refractivity contribution >= 4 is 12.6 Å². The van der Waals surface area contributed by atoms with E-state index in [4.69, 9.17) is 0 Å². The molecule has 0 bridgehead atoms. The predicted molar refractivity (Wildman–Crippen MR) is 78.4 cm³/mol. The van der Waals surface area contributed by atoms with E-state index in [-0.39, 0.29) is 11.6 Å². The van der Waals surface area contributed by atoms with Crippen LogP contribution in [0.25, 0.3) is 0 Å². The predicted octanol–water partition coefficient (Wildman–Crippen LogP) is 2.24. The maximum Gasteiger partial charge on any atom is 0.255 e. The number of nitrogens with zero attached hydrogens (tertiary/aromatic N) is 2. The highest BCUT2D eigenvalue weighted by molar-refractivity contribution is 7.79. The molecule has 1 aliphatic heterocycles. The maximum atomic E-state index is 12.4. The number of thiol groups is 1. The van der Waals surface area contributed by atoms with Crippen LogP contribution in [0.5, 0.6) is 0 Å². The third kappa shape index (κ3) is 2.36. The van der Waals surface area contributed by atoms with Crippen LogP contribution in [0.3, 0.4) is 0 Å². The number of likely N-dealkylation sites (N-methyl/N-ethyl adjacent to an activating group) is 1. The van der Waals surface area contributed by atoms with E-state index in [1.807, 2.05) is 4.57 Å². The molecule has 1 aromatic rings. The van der Waals surface area contributed by atoms with Crippen molar-refractivity contribution in [3.8, 4) is 0 Å². The Kier molecular flexibility index (Phi) is 4.17. The van der Waals surface area contributed by atoms with Gasteiger partial charge in [-0.15, -0.1) is 0 Å². The maximum absolute atomic E-state index is 12.4. The van der Waals surface area contributed by atoms with Crippen molar-refractivity contribution in [2.24, 2.45) is 0 Å². The second-order valence-electron chi connectivity index (χ2n) is 5.19. The molecule has 0 amide bonds. The minimum atomic E-state index is 0.142. The van der Waals surface area contributed by atoms with Gasteiger partial charge in [0.05, 0.1) is 0 Å². The van der Waals surface area contributed by atoms with Crippen molar-refractivity contribution in [2.75, 3.05) is 13.1 Å². The molecule has 0 atom stereocenters. The lowest BCUT2D eigenvalue weighted by Crippen LogP contribution is -2.37. The Bertz CT molecular complexity index is 493. The lowest BCUT2D eigenvalue weighted by atomic mass is 10.0. The van der Waals surface area contributed by atoms with Crippen LogP contribution in [0.15, 0.2) is 10.9 Å². The molecule has 0 fully saturated rings. The Labute approximate surface area is 114 Å². The standard InChI is InChI=1S/C14H22N2OS/c1-4-15-6-5-13-11(8-15)7-12(9-18)14(17)16(13)10(2)3/h7,10,18H,4-6,8-9H2,1-3H3. The molecule has 2 heterocycles. The Morgan fingerprint density at radius 2 is 2.17 bits per heavy atom. The highest BCUT2D eigenvalue weighted by Gasteiger charge is 2.21. The van der Waals surface area contributed by atoms with Gasteiger partial charge in [-0.25, -0.2) is 0 Å². The van der Waals surface area contributed by atoms with Crippen molar-refractivity contribution in [1.82, 2.24) is 9.47 Å². The molecule has 2 rings (SSSR count). The lowest BCUT2D eigenvalue weighted by molar-refractivity contribution is 0.260. The smallest absolute Gasteiger partial charge is 0.255 e. The molecule has 4 heteroatoms. The lowest BCUT2D eigenvalue weighted by Gasteiger charge is -2.31. The first-order chi connectivity index (χ1) is 8.58. The molecule has 0 aliphatic carbocycles. The molecule has 0 saturated carbocycles. The van der Waals surface area contributed by atoms with Crippen LogP contribution in [0.4, 0.5) is 0 Å². The third-order valence-corrected chi connectivity index (χ3v) is 4.04. The molecule has 1 aliphatic rings. The second kappa shape index (κ2) is 5.49. The van der Waals surface area contributed by atoms with Crippen molar-refractivity contribution < 1.29 is 0 Å². The van der Waals surface area contributed by atoms with Gasteiger partial charge in [-0.05, 0) is 32.0 Å². The van der Waals surface area contributed by atoms with E-state index in [9.17, 15) is 4.79 Å². The van der Waals surface area contributed by atoms with E-state index in [1.165, 1.54) is 11.3 Å². The van der Waals surface area contributed by atoms with Crippen molar-refractivity contribution in [1.29, 1.82) is 0 Å². The second-order valence-corrected chi connectivity index (χ2v) is 5.50. The summed E-state index contributed by atoms with van der Waals surface area (Å²) >= 11 is 4.28. The third-order valence-electron chi connectivity index (χ3n) is 3.70. The first-order valence-electron chi connectivity index (χ1n) is 6.67. The van der Waals surface area contributed by atoms with Crippen LogP contribution in [0.2, 0.25) is 0 Å². The summed E-state index contributed by atoms with van der Waals surface area (Å²) in [6.07, 6.45) is 0.976. The highest BCUT2D eigenvalue weighted by Crippen LogP contribution is 2.21. The molecule has 0 N–H and O–H groups in total. The number of hydrogen-bond donors (Lipinski definition) is 1. The zero-order valence-electron chi connectivity index (χ0n) is 11.4. The van der Waals surface area contributed by atoms with Crippen LogP contribution in [0.1, 0.15) is 43.6 Å². The Morgan fingerprint density at radius 1 is 1.44 bits per heavy atom. The van der Waals surface area contributed by atoms with Crippen molar-refractivity contribution in [3.63, 3.8) is 0 Å². The van der Waals surface area contributed by atoms with Gasteiger partial charge in [0.15, 0.2) is 0 Å². The van der Waals surface area contributed by atoms with Gasteiger partial charge in [-0.3, -0.25) is 9.69 Å². The SMILES string of the molecule is CCN1CCc2c(cc(CS)c(=O)n2C(C)C)C1. The van der Waals surface area contributed by atoms with Gasteiger partial charge in [-0.1, -0.05) is 6.92 Å². The van der Waals surface area contributed by atoms with Crippen LogP contribution < -0.4 is 5.56 Å². The molecule has 0 unspecified atom stereocenters. The summed E-state index contributed by atoms with van der Waals surface area (Å²) in [4.78, 5) is 14.8. The van der Waals surface area contributed by atoms with Gasteiger partial charge in [0, 0.05) is 42.6 Å². The molecule has 0 aromatic carbocycles. The average molecular weight is 266 g/mol. The number of fused-ring (bicyclic) bond motifs is 1. The molecule has 3 nitrogen and oxygen atoms in total. The Hall–Kier alpha value is -0.740. The first kappa shape index (κ1) is 13.7. The minimum Gasteiger partial charge on any atom is -0.310 e. The summed E-state index contributed by atoms with van der Waals surface area (Å²) in [6.45, 7) is 9.42. The molecule has 1 aromatic heterocycles. The Balaban J connectivity index is 2.57. The number of pyridine rings is 1. The summed E-state index contributed by atoms with van der Waals surface area (Å²) in [5.41, 5.74) is 3.50. The first-order valence-corrected chi connectivity index (χ1v) is 7.31. The van der Waals surface area contributed by atoms with E-state index < -0.39 is 0 Å². The molecule has 18 heavy (non-hydrogen) atoms. The highest BCUT2D eigenvalue weighted by atomic mass is 32.1. The van der Waals surface area contributed by atoms with Crippen LogP contribution in [-0.2, 0) is 18.7 Å². The zero-order valence-corrected chi connectivity index (χ0v) is 12.3. The normalized spacial score (nSPS) is 16.1. The summed E-state index contributed by atoms with van der Waals surface area (Å²) in [6, 6.07) is 2.28.